The molecule has 0 radical (unpaired) electrons. The second kappa shape index (κ2) is 6.74. The standard InChI is InChI=1S/C19H18N6O3S/c1-8-4-5-11(26)9(2)15(8)25-16(20)13(17(21)27)14-18(25)23-10(3)24-19(14)28-12-6-22-7-29-12/h4-7,26H,20H2,1-3H3,(H2,21,27). The first kappa shape index (κ1) is 18.7. The Morgan fingerprint density at radius 3 is 2.66 bits per heavy atom. The van der Waals surface area contributed by atoms with Gasteiger partial charge in [-0.25, -0.2) is 9.97 Å². The number of nitrogen functional groups attached to an aromatic ring is 1. The van der Waals surface area contributed by atoms with Crippen molar-refractivity contribution in [2.45, 2.75) is 20.8 Å². The number of nitrogens with two attached hydrogens (primary N) is 2. The molecule has 0 aliphatic heterocycles. The number of aryl methyl sites for hydroxylation is 2. The molecular formula is C19H18N6O3S. The third kappa shape index (κ3) is 2.93. The fraction of sp³-hybridized carbons (Fsp3) is 0.158. The molecule has 1 aromatic carbocycles. The van der Waals surface area contributed by atoms with Gasteiger partial charge < -0.3 is 21.3 Å². The van der Waals surface area contributed by atoms with Gasteiger partial charge >= 0.3 is 0 Å². The number of hydrogen-bond donors (Lipinski definition) is 3. The van der Waals surface area contributed by atoms with Crippen molar-refractivity contribution >= 4 is 34.1 Å². The van der Waals surface area contributed by atoms with Gasteiger partial charge in [-0.1, -0.05) is 17.4 Å². The number of carbonyl (C=O) groups is 1. The van der Waals surface area contributed by atoms with E-state index in [2.05, 4.69) is 15.0 Å². The van der Waals surface area contributed by atoms with Crippen molar-refractivity contribution in [2.24, 2.45) is 5.73 Å². The van der Waals surface area contributed by atoms with Crippen molar-refractivity contribution in [1.29, 1.82) is 0 Å². The molecule has 29 heavy (non-hydrogen) atoms. The predicted octanol–water partition coefficient (Wildman–Crippen LogP) is 2.98. The Morgan fingerprint density at radius 2 is 2.00 bits per heavy atom. The van der Waals surface area contributed by atoms with Crippen LogP contribution in [0.2, 0.25) is 0 Å². The van der Waals surface area contributed by atoms with Crippen LogP contribution in [-0.4, -0.2) is 30.5 Å². The number of thiazole rings is 1. The normalized spacial score (nSPS) is 11.1. The number of ether oxygens (including phenoxy) is 1. The minimum absolute atomic E-state index is 0.0571. The molecule has 4 aromatic rings. The fourth-order valence-corrected chi connectivity index (χ4v) is 3.81. The van der Waals surface area contributed by atoms with Crippen LogP contribution in [0.25, 0.3) is 16.7 Å². The van der Waals surface area contributed by atoms with Gasteiger partial charge in [0, 0.05) is 5.56 Å². The van der Waals surface area contributed by atoms with Crippen LogP contribution in [-0.2, 0) is 0 Å². The lowest BCUT2D eigenvalue weighted by Crippen LogP contribution is -2.14. The molecule has 0 fully saturated rings. The Kier molecular flexibility index (Phi) is 4.35. The number of carbonyl (C=O) groups excluding carboxylic acids is 1. The number of aromatic nitrogens is 4. The number of anilines is 1. The Hall–Kier alpha value is -3.66. The second-order valence-corrected chi connectivity index (χ2v) is 7.38. The van der Waals surface area contributed by atoms with E-state index in [-0.39, 0.29) is 23.0 Å². The van der Waals surface area contributed by atoms with Crippen molar-refractivity contribution in [3.05, 3.63) is 46.4 Å². The first-order chi connectivity index (χ1) is 13.8. The van der Waals surface area contributed by atoms with Gasteiger partial charge in [0.05, 0.1) is 28.3 Å². The van der Waals surface area contributed by atoms with Crippen molar-refractivity contribution < 1.29 is 14.6 Å². The quantitative estimate of drug-likeness (QED) is 0.469. The molecule has 0 spiro atoms. The van der Waals surface area contributed by atoms with Gasteiger partial charge in [0.1, 0.15) is 17.4 Å². The maximum absolute atomic E-state index is 12.3. The first-order valence-electron chi connectivity index (χ1n) is 8.63. The van der Waals surface area contributed by atoms with Crippen LogP contribution in [0.4, 0.5) is 5.82 Å². The lowest BCUT2D eigenvalue weighted by Gasteiger charge is -2.15. The molecule has 5 N–H and O–H groups in total. The van der Waals surface area contributed by atoms with Crippen molar-refractivity contribution in [2.75, 3.05) is 5.73 Å². The lowest BCUT2D eigenvalue weighted by atomic mass is 10.1. The molecule has 3 heterocycles. The van der Waals surface area contributed by atoms with Crippen LogP contribution in [0.3, 0.4) is 0 Å². The summed E-state index contributed by atoms with van der Waals surface area (Å²) in [5.74, 6) is 0.0368. The number of aromatic hydroxyl groups is 1. The highest BCUT2D eigenvalue weighted by Gasteiger charge is 2.28. The molecule has 0 atom stereocenters. The molecule has 3 aromatic heterocycles. The summed E-state index contributed by atoms with van der Waals surface area (Å²) in [4.78, 5) is 25.2. The SMILES string of the molecule is Cc1nc(Oc2cncs2)c2c(C(N)=O)c(N)n(-c3c(C)ccc(O)c3C)c2n1. The fourth-order valence-electron chi connectivity index (χ4n) is 3.34. The molecule has 0 aliphatic carbocycles. The Labute approximate surface area is 169 Å². The van der Waals surface area contributed by atoms with E-state index in [9.17, 15) is 9.90 Å². The van der Waals surface area contributed by atoms with Crippen LogP contribution in [0.15, 0.2) is 23.8 Å². The minimum Gasteiger partial charge on any atom is -0.508 e. The van der Waals surface area contributed by atoms with Gasteiger partial charge in [-0.2, -0.15) is 4.98 Å². The van der Waals surface area contributed by atoms with E-state index < -0.39 is 5.91 Å². The van der Waals surface area contributed by atoms with Gasteiger partial charge in [-0.3, -0.25) is 9.36 Å². The molecule has 148 valence electrons. The summed E-state index contributed by atoms with van der Waals surface area (Å²) in [6.07, 6.45) is 1.54. The van der Waals surface area contributed by atoms with E-state index in [0.29, 0.717) is 33.2 Å². The Balaban J connectivity index is 2.13. The van der Waals surface area contributed by atoms with Crippen LogP contribution in [0.5, 0.6) is 16.7 Å². The molecule has 4 rings (SSSR count). The monoisotopic (exact) mass is 410 g/mol. The summed E-state index contributed by atoms with van der Waals surface area (Å²) >= 11 is 1.28. The average molecular weight is 410 g/mol. The molecule has 1 amide bonds. The van der Waals surface area contributed by atoms with E-state index in [1.54, 1.807) is 42.3 Å². The number of phenolic OH excluding ortho intramolecular Hbond substituents is 1. The second-order valence-electron chi connectivity index (χ2n) is 6.53. The maximum atomic E-state index is 12.3. The summed E-state index contributed by atoms with van der Waals surface area (Å²) in [5.41, 5.74) is 16.1. The third-order valence-corrected chi connectivity index (χ3v) is 5.26. The zero-order chi connectivity index (χ0) is 20.9. The average Bonchev–Trinajstić information content (AvgIpc) is 3.25. The van der Waals surface area contributed by atoms with Crippen LogP contribution in [0.1, 0.15) is 27.3 Å². The van der Waals surface area contributed by atoms with Crippen molar-refractivity contribution in [1.82, 2.24) is 19.5 Å². The largest absolute Gasteiger partial charge is 0.508 e. The number of fused-ring (bicyclic) bond motifs is 1. The van der Waals surface area contributed by atoms with E-state index in [4.69, 9.17) is 16.2 Å². The molecule has 10 heteroatoms. The zero-order valence-electron chi connectivity index (χ0n) is 15.9. The smallest absolute Gasteiger partial charge is 0.253 e. The van der Waals surface area contributed by atoms with Crippen molar-refractivity contribution in [3.8, 4) is 22.4 Å². The number of primary amides is 1. The van der Waals surface area contributed by atoms with Crippen LogP contribution >= 0.6 is 11.3 Å². The van der Waals surface area contributed by atoms with E-state index in [1.165, 1.54) is 11.3 Å². The molecule has 0 bridgehead atoms. The maximum Gasteiger partial charge on any atom is 0.253 e. The van der Waals surface area contributed by atoms with Gasteiger partial charge in [0.15, 0.2) is 5.65 Å². The highest BCUT2D eigenvalue weighted by Crippen LogP contribution is 2.40. The molecule has 0 unspecified atom stereocenters. The van der Waals surface area contributed by atoms with Crippen molar-refractivity contribution in [3.63, 3.8) is 0 Å². The number of hydrogen-bond acceptors (Lipinski definition) is 8. The van der Waals surface area contributed by atoms with E-state index in [0.717, 1.165) is 5.56 Å². The topological polar surface area (TPSA) is 142 Å². The predicted molar refractivity (Wildman–Crippen MR) is 110 cm³/mol. The first-order valence-corrected chi connectivity index (χ1v) is 9.51. The highest BCUT2D eigenvalue weighted by molar-refractivity contribution is 7.11. The third-order valence-electron chi connectivity index (χ3n) is 4.61. The number of phenols is 1. The summed E-state index contributed by atoms with van der Waals surface area (Å²) in [6, 6.07) is 3.36. The summed E-state index contributed by atoms with van der Waals surface area (Å²) in [7, 11) is 0. The highest BCUT2D eigenvalue weighted by atomic mass is 32.1. The molecule has 0 saturated heterocycles. The van der Waals surface area contributed by atoms with Gasteiger partial charge in [-0.05, 0) is 32.4 Å². The van der Waals surface area contributed by atoms with Crippen LogP contribution < -0.4 is 16.2 Å². The number of benzene rings is 1. The molecule has 0 aliphatic rings. The van der Waals surface area contributed by atoms with Crippen LogP contribution in [0, 0.1) is 20.8 Å². The molecule has 9 nitrogen and oxygen atoms in total. The van der Waals surface area contributed by atoms with Gasteiger partial charge in [0.2, 0.25) is 10.9 Å². The molecular weight excluding hydrogens is 392 g/mol. The summed E-state index contributed by atoms with van der Waals surface area (Å²) in [5, 5.41) is 11.0. The summed E-state index contributed by atoms with van der Waals surface area (Å²) in [6.45, 7) is 5.34. The van der Waals surface area contributed by atoms with E-state index in [1.807, 2.05) is 6.92 Å². The Bertz CT molecular complexity index is 1260. The van der Waals surface area contributed by atoms with E-state index >= 15 is 0 Å². The van der Waals surface area contributed by atoms with Gasteiger partial charge in [-0.15, -0.1) is 0 Å². The Morgan fingerprint density at radius 1 is 1.24 bits per heavy atom. The number of amides is 1. The number of nitrogens with zero attached hydrogens (tertiary/aromatic N) is 4. The minimum atomic E-state index is -0.733. The van der Waals surface area contributed by atoms with Gasteiger partial charge in [0.25, 0.3) is 5.91 Å². The lowest BCUT2D eigenvalue weighted by molar-refractivity contribution is 0.100. The number of rotatable bonds is 4. The summed E-state index contributed by atoms with van der Waals surface area (Å²) < 4.78 is 7.48. The zero-order valence-corrected chi connectivity index (χ0v) is 16.7. The molecule has 0 saturated carbocycles.